The van der Waals surface area contributed by atoms with E-state index in [4.69, 9.17) is 0 Å². The number of rotatable bonds is 4. The maximum atomic E-state index is 13.0. The molecule has 1 fully saturated rings. The Morgan fingerprint density at radius 3 is 2.28 bits per heavy atom. The van der Waals surface area contributed by atoms with Crippen molar-refractivity contribution in [1.82, 2.24) is 9.29 Å². The summed E-state index contributed by atoms with van der Waals surface area (Å²) < 4.78 is 27.4. The molecule has 0 saturated carbocycles. The predicted octanol–water partition coefficient (Wildman–Crippen LogP) is 3.73. The van der Waals surface area contributed by atoms with Crippen molar-refractivity contribution in [2.24, 2.45) is 5.92 Å². The lowest BCUT2D eigenvalue weighted by molar-refractivity contribution is -0.120. The van der Waals surface area contributed by atoms with Crippen LogP contribution in [-0.2, 0) is 20.2 Å². The fourth-order valence-corrected chi connectivity index (χ4v) is 4.94. The molecule has 1 aliphatic heterocycles. The third kappa shape index (κ3) is 5.03. The number of hydrogen-bond acceptors (Lipinski definition) is 4. The first-order chi connectivity index (χ1) is 13.6. The largest absolute Gasteiger partial charge is 0.310 e. The van der Waals surface area contributed by atoms with E-state index >= 15 is 0 Å². The topological polar surface area (TPSA) is 79.4 Å². The molecule has 1 amide bonds. The number of amides is 1. The van der Waals surface area contributed by atoms with Gasteiger partial charge in [-0.3, -0.25) is 4.79 Å². The first-order valence-electron chi connectivity index (χ1n) is 9.91. The molecule has 156 valence electrons. The van der Waals surface area contributed by atoms with Crippen LogP contribution in [0.15, 0.2) is 47.5 Å². The number of hydrogen-bond donors (Lipinski definition) is 1. The van der Waals surface area contributed by atoms with Crippen molar-refractivity contribution >= 4 is 21.7 Å². The summed E-state index contributed by atoms with van der Waals surface area (Å²) in [5.41, 5.74) is 2.09. The Balaban J connectivity index is 1.62. The number of sulfonamides is 1. The lowest BCUT2D eigenvalue weighted by Crippen LogP contribution is -2.41. The molecule has 6 nitrogen and oxygen atoms in total. The Hall–Kier alpha value is -2.25. The minimum Gasteiger partial charge on any atom is -0.310 e. The minimum atomic E-state index is -3.55. The van der Waals surface area contributed by atoms with E-state index in [1.165, 1.54) is 4.31 Å². The summed E-state index contributed by atoms with van der Waals surface area (Å²) >= 11 is 0. The van der Waals surface area contributed by atoms with E-state index in [-0.39, 0.29) is 17.2 Å². The quantitative estimate of drug-likeness (QED) is 0.825. The molecular weight excluding hydrogens is 386 g/mol. The highest BCUT2D eigenvalue weighted by atomic mass is 32.2. The summed E-state index contributed by atoms with van der Waals surface area (Å²) in [7, 11) is -3.55. The molecule has 1 aromatic heterocycles. The zero-order valence-electron chi connectivity index (χ0n) is 17.5. The standard InChI is InChI=1S/C22H29N3O3S/c1-16-9-12-23-20(15-16)24-21(26)17-10-13-25(14-11-17)29(27,28)19-7-5-18(6-8-19)22(2,3)4/h5-9,12,15,17H,10-11,13-14H2,1-4H3,(H,23,24,26). The van der Waals surface area contributed by atoms with Gasteiger partial charge in [0.1, 0.15) is 5.82 Å². The van der Waals surface area contributed by atoms with E-state index in [1.54, 1.807) is 18.3 Å². The third-order valence-corrected chi connectivity index (χ3v) is 7.26. The first kappa shape index (κ1) is 21.5. The van der Waals surface area contributed by atoms with Gasteiger partial charge in [-0.25, -0.2) is 13.4 Å². The van der Waals surface area contributed by atoms with Crippen molar-refractivity contribution in [3.05, 3.63) is 53.7 Å². The number of benzene rings is 1. The smallest absolute Gasteiger partial charge is 0.243 e. The van der Waals surface area contributed by atoms with Crippen LogP contribution in [0, 0.1) is 12.8 Å². The van der Waals surface area contributed by atoms with Gasteiger partial charge in [0.2, 0.25) is 15.9 Å². The molecule has 3 rings (SSSR count). The number of aromatic nitrogens is 1. The van der Waals surface area contributed by atoms with Gasteiger partial charge in [-0.1, -0.05) is 32.9 Å². The van der Waals surface area contributed by atoms with Crippen molar-refractivity contribution < 1.29 is 13.2 Å². The molecule has 1 saturated heterocycles. The fourth-order valence-electron chi connectivity index (χ4n) is 3.47. The third-order valence-electron chi connectivity index (χ3n) is 5.35. The average Bonchev–Trinajstić information content (AvgIpc) is 2.67. The van der Waals surface area contributed by atoms with E-state index in [0.29, 0.717) is 36.6 Å². The van der Waals surface area contributed by atoms with Gasteiger partial charge in [-0.15, -0.1) is 0 Å². The van der Waals surface area contributed by atoms with Crippen LogP contribution >= 0.6 is 0 Å². The van der Waals surface area contributed by atoms with Crippen LogP contribution in [0.2, 0.25) is 0 Å². The Labute approximate surface area is 173 Å². The molecule has 1 aromatic carbocycles. The average molecular weight is 416 g/mol. The maximum Gasteiger partial charge on any atom is 0.243 e. The highest BCUT2D eigenvalue weighted by Crippen LogP contribution is 2.27. The van der Waals surface area contributed by atoms with Crippen LogP contribution in [0.1, 0.15) is 44.7 Å². The van der Waals surface area contributed by atoms with Gasteiger partial charge in [0.25, 0.3) is 0 Å². The van der Waals surface area contributed by atoms with Crippen LogP contribution in [0.5, 0.6) is 0 Å². The molecule has 1 N–H and O–H groups in total. The molecule has 1 aliphatic rings. The van der Waals surface area contributed by atoms with Gasteiger partial charge in [0.05, 0.1) is 4.90 Å². The van der Waals surface area contributed by atoms with E-state index < -0.39 is 10.0 Å². The van der Waals surface area contributed by atoms with E-state index in [1.807, 2.05) is 31.2 Å². The van der Waals surface area contributed by atoms with Crippen LogP contribution in [-0.4, -0.2) is 36.7 Å². The summed E-state index contributed by atoms with van der Waals surface area (Å²) in [4.78, 5) is 17.0. The lowest BCUT2D eigenvalue weighted by atomic mass is 9.87. The molecule has 0 spiro atoms. The second-order valence-electron chi connectivity index (χ2n) is 8.66. The second kappa shape index (κ2) is 8.24. The van der Waals surface area contributed by atoms with Crippen molar-refractivity contribution in [3.63, 3.8) is 0 Å². The molecule has 2 aromatic rings. The number of anilines is 1. The van der Waals surface area contributed by atoms with Gasteiger partial charge < -0.3 is 5.32 Å². The summed E-state index contributed by atoms with van der Waals surface area (Å²) in [6.07, 6.45) is 2.65. The summed E-state index contributed by atoms with van der Waals surface area (Å²) in [5.74, 6) is 0.214. The number of nitrogens with one attached hydrogen (secondary N) is 1. The van der Waals surface area contributed by atoms with Crippen molar-refractivity contribution in [1.29, 1.82) is 0 Å². The van der Waals surface area contributed by atoms with Crippen LogP contribution in [0.4, 0.5) is 5.82 Å². The lowest BCUT2D eigenvalue weighted by Gasteiger charge is -2.30. The van der Waals surface area contributed by atoms with Gasteiger partial charge in [-0.05, 0) is 60.6 Å². The minimum absolute atomic E-state index is 0.0276. The van der Waals surface area contributed by atoms with Crippen LogP contribution in [0.25, 0.3) is 0 Å². The first-order valence-corrected chi connectivity index (χ1v) is 11.4. The number of nitrogens with zero attached hydrogens (tertiary/aromatic N) is 2. The zero-order valence-corrected chi connectivity index (χ0v) is 18.3. The Morgan fingerprint density at radius 1 is 1.10 bits per heavy atom. The van der Waals surface area contributed by atoms with Crippen LogP contribution < -0.4 is 5.32 Å². The number of aryl methyl sites for hydroxylation is 1. The zero-order chi connectivity index (χ0) is 21.2. The van der Waals surface area contributed by atoms with Gasteiger partial charge in [0.15, 0.2) is 0 Å². The SMILES string of the molecule is Cc1ccnc(NC(=O)C2CCN(S(=O)(=O)c3ccc(C(C)(C)C)cc3)CC2)c1. The van der Waals surface area contributed by atoms with E-state index in [2.05, 4.69) is 31.1 Å². The molecular formula is C22H29N3O3S. The highest BCUT2D eigenvalue weighted by Gasteiger charge is 2.32. The van der Waals surface area contributed by atoms with E-state index in [9.17, 15) is 13.2 Å². The molecule has 0 aliphatic carbocycles. The molecule has 2 heterocycles. The molecule has 0 atom stereocenters. The molecule has 0 bridgehead atoms. The predicted molar refractivity (Wildman–Crippen MR) is 114 cm³/mol. The number of carbonyl (C=O) groups is 1. The van der Waals surface area contributed by atoms with Gasteiger partial charge in [0, 0.05) is 25.2 Å². The number of pyridine rings is 1. The van der Waals surface area contributed by atoms with Crippen molar-refractivity contribution in [2.75, 3.05) is 18.4 Å². The Morgan fingerprint density at radius 2 is 1.72 bits per heavy atom. The molecule has 7 heteroatoms. The summed E-state index contributed by atoms with van der Waals surface area (Å²) in [5, 5.41) is 2.84. The van der Waals surface area contributed by atoms with Gasteiger partial charge >= 0.3 is 0 Å². The number of piperidine rings is 1. The molecule has 0 unspecified atom stereocenters. The van der Waals surface area contributed by atoms with Crippen molar-refractivity contribution in [3.8, 4) is 0 Å². The molecule has 29 heavy (non-hydrogen) atoms. The van der Waals surface area contributed by atoms with Crippen LogP contribution in [0.3, 0.4) is 0 Å². The second-order valence-corrected chi connectivity index (χ2v) is 10.6. The highest BCUT2D eigenvalue weighted by molar-refractivity contribution is 7.89. The van der Waals surface area contributed by atoms with Gasteiger partial charge in [-0.2, -0.15) is 4.31 Å². The number of carbonyl (C=O) groups excluding carboxylic acids is 1. The molecule has 0 radical (unpaired) electrons. The van der Waals surface area contributed by atoms with E-state index in [0.717, 1.165) is 11.1 Å². The fraction of sp³-hybridized carbons (Fsp3) is 0.455. The Bertz CT molecular complexity index is 971. The summed E-state index contributed by atoms with van der Waals surface area (Å²) in [6, 6.07) is 10.8. The monoisotopic (exact) mass is 415 g/mol. The Kier molecular flexibility index (Phi) is 6.10. The maximum absolute atomic E-state index is 13.0. The van der Waals surface area contributed by atoms with Crippen molar-refractivity contribution in [2.45, 2.75) is 50.8 Å². The summed E-state index contributed by atoms with van der Waals surface area (Å²) in [6.45, 7) is 8.90. The normalized spacial score (nSPS) is 16.6.